The molecule has 0 aliphatic carbocycles. The van der Waals surface area contributed by atoms with E-state index >= 15 is 0 Å². The summed E-state index contributed by atoms with van der Waals surface area (Å²) < 4.78 is 10.9. The van der Waals surface area contributed by atoms with Crippen LogP contribution in [-0.4, -0.2) is 59.6 Å². The molecule has 1 aliphatic heterocycles. The lowest BCUT2D eigenvalue weighted by Gasteiger charge is -2.36. The van der Waals surface area contributed by atoms with Gasteiger partial charge in [-0.25, -0.2) is 0 Å². The average Bonchev–Trinajstić information content (AvgIpc) is 3.17. The van der Waals surface area contributed by atoms with Crippen LogP contribution in [0, 0.1) is 0 Å². The quantitative estimate of drug-likeness (QED) is 0.867. The maximum absolute atomic E-state index is 12.5. The fourth-order valence-corrected chi connectivity index (χ4v) is 2.98. The summed E-state index contributed by atoms with van der Waals surface area (Å²) in [4.78, 5) is 16.5. The van der Waals surface area contributed by atoms with E-state index < -0.39 is 12.2 Å². The molecule has 6 nitrogen and oxygen atoms in total. The van der Waals surface area contributed by atoms with E-state index in [9.17, 15) is 9.90 Å². The van der Waals surface area contributed by atoms with Crippen molar-refractivity contribution in [3.63, 3.8) is 0 Å². The van der Waals surface area contributed by atoms with E-state index in [0.29, 0.717) is 31.1 Å². The number of benzene rings is 1. The predicted octanol–water partition coefficient (Wildman–Crippen LogP) is 1.92. The summed E-state index contributed by atoms with van der Waals surface area (Å²) in [6.07, 6.45) is 0.406. The summed E-state index contributed by atoms with van der Waals surface area (Å²) in [5, 5.41) is 10.2. The maximum atomic E-state index is 12.5. The van der Waals surface area contributed by atoms with Gasteiger partial charge >= 0.3 is 0 Å². The second kappa shape index (κ2) is 8.18. The Bertz CT molecular complexity index is 651. The Morgan fingerprint density at radius 2 is 1.88 bits per heavy atom. The van der Waals surface area contributed by atoms with E-state index in [1.165, 1.54) is 0 Å². The number of aliphatic hydroxyl groups excluding tert-OH is 1. The lowest BCUT2D eigenvalue weighted by atomic mass is 10.2. The van der Waals surface area contributed by atoms with Crippen molar-refractivity contribution in [2.45, 2.75) is 19.1 Å². The van der Waals surface area contributed by atoms with Crippen LogP contribution in [0.4, 0.5) is 0 Å². The highest BCUT2D eigenvalue weighted by Gasteiger charge is 2.27. The minimum absolute atomic E-state index is 0.00455. The number of rotatable bonds is 6. The Morgan fingerprint density at radius 3 is 2.52 bits per heavy atom. The first-order valence-corrected chi connectivity index (χ1v) is 8.58. The van der Waals surface area contributed by atoms with Crippen LogP contribution in [0.3, 0.4) is 0 Å². The van der Waals surface area contributed by atoms with Crippen molar-refractivity contribution >= 4 is 5.91 Å². The minimum Gasteiger partial charge on any atom is -0.481 e. The van der Waals surface area contributed by atoms with E-state index in [-0.39, 0.29) is 5.91 Å². The van der Waals surface area contributed by atoms with Gasteiger partial charge in [-0.05, 0) is 31.2 Å². The van der Waals surface area contributed by atoms with Gasteiger partial charge in [0, 0.05) is 32.7 Å². The van der Waals surface area contributed by atoms with Crippen LogP contribution in [0.15, 0.2) is 53.1 Å². The molecular weight excluding hydrogens is 320 g/mol. The summed E-state index contributed by atoms with van der Waals surface area (Å²) in [6.45, 7) is 5.00. The van der Waals surface area contributed by atoms with Gasteiger partial charge in [-0.1, -0.05) is 18.2 Å². The van der Waals surface area contributed by atoms with E-state index in [4.69, 9.17) is 9.15 Å². The highest BCUT2D eigenvalue weighted by molar-refractivity contribution is 5.81. The van der Waals surface area contributed by atoms with Gasteiger partial charge < -0.3 is 19.2 Å². The Morgan fingerprint density at radius 1 is 1.16 bits per heavy atom. The Balaban J connectivity index is 1.45. The molecule has 1 amide bonds. The summed E-state index contributed by atoms with van der Waals surface area (Å²) in [5.41, 5.74) is 0. The third-order valence-corrected chi connectivity index (χ3v) is 4.39. The van der Waals surface area contributed by atoms with E-state index in [1.807, 2.05) is 35.2 Å². The number of hydrogen-bond donors (Lipinski definition) is 1. The second-order valence-corrected chi connectivity index (χ2v) is 6.23. The second-order valence-electron chi connectivity index (χ2n) is 6.23. The zero-order valence-corrected chi connectivity index (χ0v) is 14.4. The van der Waals surface area contributed by atoms with Crippen molar-refractivity contribution in [2.24, 2.45) is 0 Å². The number of furan rings is 1. The van der Waals surface area contributed by atoms with Crippen LogP contribution in [0.1, 0.15) is 18.8 Å². The summed E-state index contributed by atoms with van der Waals surface area (Å²) >= 11 is 0. The molecule has 0 spiro atoms. The number of amides is 1. The molecule has 1 aromatic heterocycles. The van der Waals surface area contributed by atoms with E-state index in [2.05, 4.69) is 4.90 Å². The predicted molar refractivity (Wildman–Crippen MR) is 93.2 cm³/mol. The van der Waals surface area contributed by atoms with Gasteiger partial charge in [-0.15, -0.1) is 0 Å². The molecule has 6 heteroatoms. The molecule has 1 aliphatic rings. The van der Waals surface area contributed by atoms with Crippen LogP contribution < -0.4 is 4.74 Å². The van der Waals surface area contributed by atoms with Crippen molar-refractivity contribution in [3.8, 4) is 5.75 Å². The number of hydrogen-bond acceptors (Lipinski definition) is 5. The number of para-hydroxylation sites is 1. The Hall–Kier alpha value is -2.31. The first-order chi connectivity index (χ1) is 12.1. The molecule has 1 fully saturated rings. The molecule has 1 aromatic carbocycles. The van der Waals surface area contributed by atoms with Gasteiger partial charge in [0.2, 0.25) is 0 Å². The fraction of sp³-hybridized carbons (Fsp3) is 0.421. The molecule has 2 heterocycles. The van der Waals surface area contributed by atoms with E-state index in [0.717, 1.165) is 13.1 Å². The molecular formula is C19H24N2O4. The van der Waals surface area contributed by atoms with Gasteiger partial charge in [0.1, 0.15) is 17.6 Å². The monoisotopic (exact) mass is 344 g/mol. The number of β-amino-alcohol motifs (C(OH)–C–C–N with tert-alkyl or cyclic N) is 1. The average molecular weight is 344 g/mol. The lowest BCUT2D eigenvalue weighted by molar-refractivity contribution is -0.139. The maximum Gasteiger partial charge on any atom is 0.263 e. The molecule has 0 radical (unpaired) electrons. The van der Waals surface area contributed by atoms with Crippen molar-refractivity contribution in [2.75, 3.05) is 32.7 Å². The minimum atomic E-state index is -0.641. The number of piperazine rings is 1. The van der Waals surface area contributed by atoms with Gasteiger partial charge in [-0.3, -0.25) is 9.69 Å². The number of aliphatic hydroxyl groups is 1. The smallest absolute Gasteiger partial charge is 0.263 e. The normalized spacial score (nSPS) is 17.9. The summed E-state index contributed by atoms with van der Waals surface area (Å²) in [5.74, 6) is 1.27. The van der Waals surface area contributed by atoms with Gasteiger partial charge in [0.05, 0.1) is 6.26 Å². The van der Waals surface area contributed by atoms with E-state index in [1.54, 1.807) is 25.3 Å². The number of nitrogens with zero attached hydrogens (tertiary/aromatic N) is 2. The van der Waals surface area contributed by atoms with Crippen molar-refractivity contribution in [1.82, 2.24) is 9.80 Å². The third kappa shape index (κ3) is 4.61. The first kappa shape index (κ1) is 17.5. The SMILES string of the molecule is C[C@@H](Oc1ccccc1)C(=O)N1CCN(C[C@@H](O)c2ccco2)CC1. The molecule has 2 atom stereocenters. The number of carbonyl (C=O) groups is 1. The van der Waals surface area contributed by atoms with Crippen molar-refractivity contribution < 1.29 is 19.1 Å². The van der Waals surface area contributed by atoms with Crippen molar-refractivity contribution in [3.05, 3.63) is 54.5 Å². The number of ether oxygens (including phenoxy) is 1. The molecule has 134 valence electrons. The summed E-state index contributed by atoms with van der Waals surface area (Å²) in [6, 6.07) is 12.9. The molecule has 0 unspecified atom stereocenters. The summed E-state index contributed by atoms with van der Waals surface area (Å²) in [7, 11) is 0. The van der Waals surface area contributed by atoms with Crippen LogP contribution in [-0.2, 0) is 4.79 Å². The van der Waals surface area contributed by atoms with Gasteiger partial charge in [-0.2, -0.15) is 0 Å². The van der Waals surface area contributed by atoms with Crippen molar-refractivity contribution in [1.29, 1.82) is 0 Å². The van der Waals surface area contributed by atoms with Crippen LogP contribution in [0.25, 0.3) is 0 Å². The zero-order chi connectivity index (χ0) is 17.6. The van der Waals surface area contributed by atoms with Gasteiger partial charge in [0.25, 0.3) is 5.91 Å². The molecule has 2 aromatic rings. The Labute approximate surface area is 147 Å². The number of carbonyl (C=O) groups excluding carboxylic acids is 1. The van der Waals surface area contributed by atoms with Crippen LogP contribution in [0.2, 0.25) is 0 Å². The molecule has 25 heavy (non-hydrogen) atoms. The molecule has 0 bridgehead atoms. The topological polar surface area (TPSA) is 66.2 Å². The standard InChI is InChI=1S/C19H24N2O4/c1-15(25-16-6-3-2-4-7-16)19(23)21-11-9-20(10-12-21)14-17(22)18-8-5-13-24-18/h2-8,13,15,17,22H,9-12,14H2,1H3/t15-,17-/m1/s1. The molecule has 1 N–H and O–H groups in total. The Kier molecular flexibility index (Phi) is 5.73. The van der Waals surface area contributed by atoms with Crippen LogP contribution >= 0.6 is 0 Å². The lowest BCUT2D eigenvalue weighted by Crippen LogP contribution is -2.52. The third-order valence-electron chi connectivity index (χ3n) is 4.39. The first-order valence-electron chi connectivity index (χ1n) is 8.58. The molecule has 0 saturated carbocycles. The largest absolute Gasteiger partial charge is 0.481 e. The highest BCUT2D eigenvalue weighted by atomic mass is 16.5. The fourth-order valence-electron chi connectivity index (χ4n) is 2.98. The molecule has 3 rings (SSSR count). The van der Waals surface area contributed by atoms with Gasteiger partial charge in [0.15, 0.2) is 6.10 Å². The zero-order valence-electron chi connectivity index (χ0n) is 14.4. The molecule has 1 saturated heterocycles. The van der Waals surface area contributed by atoms with Crippen LogP contribution in [0.5, 0.6) is 5.75 Å². The highest BCUT2D eigenvalue weighted by Crippen LogP contribution is 2.17.